The molecule has 2 aliphatic heterocycles. The van der Waals surface area contributed by atoms with Gasteiger partial charge in [0.1, 0.15) is 5.82 Å². The number of alkyl halides is 3. The van der Waals surface area contributed by atoms with Crippen molar-refractivity contribution in [3.05, 3.63) is 46.6 Å². The van der Waals surface area contributed by atoms with Crippen molar-refractivity contribution < 1.29 is 17.9 Å². The highest BCUT2D eigenvalue weighted by molar-refractivity contribution is 7.80. The number of anilines is 2. The third-order valence-electron chi connectivity index (χ3n) is 6.70. The predicted octanol–water partition coefficient (Wildman–Crippen LogP) is 5.42. The van der Waals surface area contributed by atoms with E-state index in [1.54, 1.807) is 0 Å². The Morgan fingerprint density at radius 2 is 1.94 bits per heavy atom. The summed E-state index contributed by atoms with van der Waals surface area (Å²) >= 11 is 11.5. The molecule has 11 heteroatoms. The largest absolute Gasteiger partial charge is 0.433 e. The van der Waals surface area contributed by atoms with Crippen LogP contribution in [0.25, 0.3) is 0 Å². The first-order valence-electron chi connectivity index (χ1n) is 11.7. The molecule has 0 aliphatic carbocycles. The molecule has 2 saturated heterocycles. The molecule has 0 amide bonds. The summed E-state index contributed by atoms with van der Waals surface area (Å²) in [6.45, 7) is 5.11. The van der Waals surface area contributed by atoms with E-state index in [0.29, 0.717) is 43.8 Å². The number of rotatable bonds is 5. The van der Waals surface area contributed by atoms with Crippen LogP contribution in [0.4, 0.5) is 24.9 Å². The van der Waals surface area contributed by atoms with Gasteiger partial charge in [0, 0.05) is 49.4 Å². The van der Waals surface area contributed by atoms with Gasteiger partial charge < -0.3 is 20.3 Å². The van der Waals surface area contributed by atoms with Gasteiger partial charge in [0.15, 0.2) is 10.8 Å². The lowest BCUT2D eigenvalue weighted by molar-refractivity contribution is -0.141. The number of piperidine rings is 1. The standard InChI is InChI=1S/C24H29ClF3N5OS/c1-16-3-2-10-33(14-16)20-13-19(24(26,27)28)30-21(31-20)32-22(35)29-15-23(8-11-34-12-9-23)17-4-6-18(25)7-5-17/h4-7,13,16H,2-3,8-12,14-15H2,1H3,(H2,29,30,31,32,35)/t16-/m1/s1. The minimum atomic E-state index is -4.59. The molecule has 2 aromatic rings. The Morgan fingerprint density at radius 1 is 1.23 bits per heavy atom. The van der Waals surface area contributed by atoms with Crippen molar-refractivity contribution in [1.29, 1.82) is 0 Å². The Balaban J connectivity index is 1.50. The Hall–Kier alpha value is -2.17. The van der Waals surface area contributed by atoms with Crippen LogP contribution in [-0.2, 0) is 16.3 Å². The van der Waals surface area contributed by atoms with Gasteiger partial charge in [0.25, 0.3) is 0 Å². The summed E-state index contributed by atoms with van der Waals surface area (Å²) in [6, 6.07) is 8.70. The number of ether oxygens (including phenoxy) is 1. The number of nitrogens with one attached hydrogen (secondary N) is 2. The van der Waals surface area contributed by atoms with E-state index in [4.69, 9.17) is 28.6 Å². The van der Waals surface area contributed by atoms with Gasteiger partial charge in [-0.3, -0.25) is 0 Å². The Kier molecular flexibility index (Phi) is 8.02. The second kappa shape index (κ2) is 10.8. The second-order valence-electron chi connectivity index (χ2n) is 9.33. The first kappa shape index (κ1) is 25.9. The second-order valence-corrected chi connectivity index (χ2v) is 10.2. The van der Waals surface area contributed by atoms with Gasteiger partial charge in [-0.2, -0.15) is 18.2 Å². The molecule has 1 aromatic heterocycles. The summed E-state index contributed by atoms with van der Waals surface area (Å²) in [6.07, 6.45) is -1.08. The quantitative estimate of drug-likeness (QED) is 0.503. The topological polar surface area (TPSA) is 62.3 Å². The Bertz CT molecular complexity index is 1030. The molecule has 1 aromatic carbocycles. The highest BCUT2D eigenvalue weighted by atomic mass is 35.5. The minimum Gasteiger partial charge on any atom is -0.381 e. The molecule has 35 heavy (non-hydrogen) atoms. The third kappa shape index (κ3) is 6.54. The smallest absolute Gasteiger partial charge is 0.381 e. The van der Waals surface area contributed by atoms with E-state index in [0.717, 1.165) is 37.3 Å². The number of benzene rings is 1. The first-order chi connectivity index (χ1) is 16.6. The minimum absolute atomic E-state index is 0.168. The zero-order valence-electron chi connectivity index (χ0n) is 19.5. The van der Waals surface area contributed by atoms with Crippen LogP contribution in [0.3, 0.4) is 0 Å². The van der Waals surface area contributed by atoms with E-state index in [1.165, 1.54) is 0 Å². The molecule has 190 valence electrons. The zero-order valence-corrected chi connectivity index (χ0v) is 21.1. The van der Waals surface area contributed by atoms with Gasteiger partial charge in [-0.25, -0.2) is 4.98 Å². The van der Waals surface area contributed by atoms with Crippen LogP contribution in [0.5, 0.6) is 0 Å². The molecule has 0 bridgehead atoms. The van der Waals surface area contributed by atoms with Crippen molar-refractivity contribution in [1.82, 2.24) is 15.3 Å². The van der Waals surface area contributed by atoms with Crippen LogP contribution in [0, 0.1) is 5.92 Å². The van der Waals surface area contributed by atoms with Crippen molar-refractivity contribution in [2.75, 3.05) is 43.1 Å². The van der Waals surface area contributed by atoms with Crippen molar-refractivity contribution in [3.63, 3.8) is 0 Å². The van der Waals surface area contributed by atoms with Crippen molar-refractivity contribution in [2.45, 2.75) is 44.2 Å². The number of thiocarbonyl (C=S) groups is 1. The highest BCUT2D eigenvalue weighted by Crippen LogP contribution is 2.35. The van der Waals surface area contributed by atoms with Crippen molar-refractivity contribution in [3.8, 4) is 0 Å². The zero-order chi connectivity index (χ0) is 25.1. The number of halogens is 4. The van der Waals surface area contributed by atoms with E-state index in [-0.39, 0.29) is 22.3 Å². The maximum Gasteiger partial charge on any atom is 0.433 e. The van der Waals surface area contributed by atoms with Crippen molar-refractivity contribution >= 4 is 40.7 Å². The maximum atomic E-state index is 13.6. The Labute approximate surface area is 213 Å². The van der Waals surface area contributed by atoms with E-state index in [9.17, 15) is 13.2 Å². The van der Waals surface area contributed by atoms with E-state index in [1.807, 2.05) is 29.2 Å². The normalized spacial score (nSPS) is 20.4. The molecule has 6 nitrogen and oxygen atoms in total. The van der Waals surface area contributed by atoms with Crippen LogP contribution in [-0.4, -0.2) is 47.9 Å². The summed E-state index contributed by atoms with van der Waals surface area (Å²) < 4.78 is 46.3. The van der Waals surface area contributed by atoms with Crippen LogP contribution >= 0.6 is 23.8 Å². The molecule has 3 heterocycles. The summed E-state index contributed by atoms with van der Waals surface area (Å²) in [5.41, 5.74) is -0.122. The van der Waals surface area contributed by atoms with Crippen LogP contribution in [0.1, 0.15) is 43.9 Å². The summed E-state index contributed by atoms with van der Waals surface area (Å²) in [7, 11) is 0. The van der Waals surface area contributed by atoms with Gasteiger partial charge in [0.05, 0.1) is 0 Å². The lowest BCUT2D eigenvalue weighted by atomic mass is 9.74. The molecule has 0 radical (unpaired) electrons. The fourth-order valence-electron chi connectivity index (χ4n) is 4.72. The maximum absolute atomic E-state index is 13.6. The number of hydrogen-bond acceptors (Lipinski definition) is 5. The molecule has 2 fully saturated rings. The molecular formula is C24H29ClF3N5OS. The number of hydrogen-bond donors (Lipinski definition) is 2. The van der Waals surface area contributed by atoms with E-state index in [2.05, 4.69) is 27.5 Å². The van der Waals surface area contributed by atoms with E-state index < -0.39 is 11.9 Å². The lowest BCUT2D eigenvalue weighted by Crippen LogP contribution is -2.45. The molecule has 4 rings (SSSR count). The highest BCUT2D eigenvalue weighted by Gasteiger charge is 2.36. The number of aromatic nitrogens is 2. The van der Waals surface area contributed by atoms with Crippen LogP contribution in [0.15, 0.2) is 30.3 Å². The lowest BCUT2D eigenvalue weighted by Gasteiger charge is -2.38. The van der Waals surface area contributed by atoms with Crippen LogP contribution in [0.2, 0.25) is 5.02 Å². The van der Waals surface area contributed by atoms with Gasteiger partial charge in [-0.1, -0.05) is 30.7 Å². The molecule has 0 spiro atoms. The fourth-order valence-corrected chi connectivity index (χ4v) is 5.01. The van der Waals surface area contributed by atoms with Crippen molar-refractivity contribution in [2.24, 2.45) is 5.92 Å². The Morgan fingerprint density at radius 3 is 2.60 bits per heavy atom. The summed E-state index contributed by atoms with van der Waals surface area (Å²) in [5.74, 6) is 0.472. The first-order valence-corrected chi connectivity index (χ1v) is 12.5. The monoisotopic (exact) mass is 527 g/mol. The SMILES string of the molecule is C[C@@H]1CCCN(c2cc(C(F)(F)F)nc(NC(=S)NCC3(c4ccc(Cl)cc4)CCOCC3)n2)C1. The summed E-state index contributed by atoms with van der Waals surface area (Å²) in [4.78, 5) is 9.95. The average Bonchev–Trinajstić information content (AvgIpc) is 2.83. The fraction of sp³-hybridized carbons (Fsp3) is 0.542. The van der Waals surface area contributed by atoms with E-state index >= 15 is 0 Å². The molecule has 1 atom stereocenters. The van der Waals surface area contributed by atoms with Gasteiger partial charge >= 0.3 is 6.18 Å². The van der Waals surface area contributed by atoms with Gasteiger partial charge in [-0.15, -0.1) is 0 Å². The predicted molar refractivity (Wildman–Crippen MR) is 135 cm³/mol. The van der Waals surface area contributed by atoms with Gasteiger partial charge in [0.2, 0.25) is 5.95 Å². The molecule has 0 saturated carbocycles. The molecular weight excluding hydrogens is 499 g/mol. The third-order valence-corrected chi connectivity index (χ3v) is 7.20. The molecule has 2 aliphatic rings. The van der Waals surface area contributed by atoms with Crippen LogP contribution < -0.4 is 15.5 Å². The number of nitrogens with zero attached hydrogens (tertiary/aromatic N) is 3. The van der Waals surface area contributed by atoms with Gasteiger partial charge in [-0.05, 0) is 61.5 Å². The summed E-state index contributed by atoms with van der Waals surface area (Å²) in [5, 5.41) is 6.78. The molecule has 0 unspecified atom stereocenters. The molecule has 2 N–H and O–H groups in total. The average molecular weight is 528 g/mol.